The van der Waals surface area contributed by atoms with Crippen LogP contribution < -0.4 is 5.32 Å². The second kappa shape index (κ2) is 6.79. The molecular formula is C16H30N2O2. The molecule has 0 aromatic rings. The van der Waals surface area contributed by atoms with Gasteiger partial charge in [-0.1, -0.05) is 6.42 Å². The highest BCUT2D eigenvalue weighted by Crippen LogP contribution is 2.25. The zero-order valence-electron chi connectivity index (χ0n) is 13.3. The van der Waals surface area contributed by atoms with Crippen LogP contribution in [0.25, 0.3) is 0 Å². The number of carbonyl (C=O) groups excluding carboxylic acids is 1. The van der Waals surface area contributed by atoms with E-state index in [4.69, 9.17) is 4.74 Å². The lowest BCUT2D eigenvalue weighted by molar-refractivity contribution is 0.0287. The van der Waals surface area contributed by atoms with Crippen LogP contribution in [0.3, 0.4) is 0 Å². The van der Waals surface area contributed by atoms with Crippen molar-refractivity contribution in [2.24, 2.45) is 11.8 Å². The normalized spacial score (nSPS) is 23.8. The van der Waals surface area contributed by atoms with Crippen LogP contribution in [0.4, 0.5) is 4.79 Å². The first-order valence-electron chi connectivity index (χ1n) is 8.13. The summed E-state index contributed by atoms with van der Waals surface area (Å²) in [6.45, 7) is 9.74. The summed E-state index contributed by atoms with van der Waals surface area (Å²) in [7, 11) is 0. The zero-order chi connectivity index (χ0) is 14.6. The average molecular weight is 282 g/mol. The van der Waals surface area contributed by atoms with Crippen molar-refractivity contribution in [1.82, 2.24) is 10.2 Å². The van der Waals surface area contributed by atoms with Crippen LogP contribution in [0.1, 0.15) is 52.9 Å². The molecule has 1 aliphatic heterocycles. The molecule has 1 atom stereocenters. The van der Waals surface area contributed by atoms with Crippen molar-refractivity contribution < 1.29 is 9.53 Å². The van der Waals surface area contributed by atoms with E-state index in [2.05, 4.69) is 5.32 Å². The Hall–Kier alpha value is -0.770. The van der Waals surface area contributed by atoms with Crippen LogP contribution in [-0.2, 0) is 4.74 Å². The molecule has 0 spiro atoms. The van der Waals surface area contributed by atoms with Gasteiger partial charge in [0.1, 0.15) is 5.60 Å². The van der Waals surface area contributed by atoms with E-state index in [0.29, 0.717) is 5.92 Å². The minimum Gasteiger partial charge on any atom is -0.444 e. The molecule has 4 heteroatoms. The summed E-state index contributed by atoms with van der Waals surface area (Å²) < 4.78 is 5.42. The molecule has 1 saturated carbocycles. The first-order chi connectivity index (χ1) is 9.44. The molecule has 2 aliphatic rings. The van der Waals surface area contributed by atoms with Gasteiger partial charge in [-0.2, -0.15) is 0 Å². The molecule has 1 amide bonds. The van der Waals surface area contributed by atoms with Crippen LogP contribution in [0.2, 0.25) is 0 Å². The highest BCUT2D eigenvalue weighted by molar-refractivity contribution is 5.68. The third kappa shape index (κ3) is 4.97. The number of likely N-dealkylation sites (tertiary alicyclic amines) is 1. The molecule has 1 heterocycles. The topological polar surface area (TPSA) is 41.6 Å². The van der Waals surface area contributed by atoms with Gasteiger partial charge in [0.15, 0.2) is 0 Å². The van der Waals surface area contributed by atoms with Crippen molar-refractivity contribution in [3.05, 3.63) is 0 Å². The highest BCUT2D eigenvalue weighted by Gasteiger charge is 2.29. The van der Waals surface area contributed by atoms with E-state index in [9.17, 15) is 4.79 Å². The standard InChI is InChI=1S/C16H30N2O2/c1-16(2,3)20-15(19)18-10-8-14(12-18)7-9-17-11-13-5-4-6-13/h13-14,17H,4-12H2,1-3H3. The first-order valence-corrected chi connectivity index (χ1v) is 8.13. The van der Waals surface area contributed by atoms with E-state index in [1.54, 1.807) is 0 Å². The number of rotatable bonds is 5. The maximum absolute atomic E-state index is 12.0. The number of amides is 1. The van der Waals surface area contributed by atoms with E-state index < -0.39 is 0 Å². The van der Waals surface area contributed by atoms with Gasteiger partial charge in [0, 0.05) is 13.1 Å². The molecule has 0 radical (unpaired) electrons. The Morgan fingerprint density at radius 1 is 1.25 bits per heavy atom. The Labute approximate surface area is 123 Å². The molecule has 0 aromatic carbocycles. The Morgan fingerprint density at radius 3 is 2.60 bits per heavy atom. The van der Waals surface area contributed by atoms with Gasteiger partial charge in [0.2, 0.25) is 0 Å². The fraction of sp³-hybridized carbons (Fsp3) is 0.938. The van der Waals surface area contributed by atoms with Crippen LogP contribution in [0.15, 0.2) is 0 Å². The molecule has 20 heavy (non-hydrogen) atoms. The number of carbonyl (C=O) groups is 1. The summed E-state index contributed by atoms with van der Waals surface area (Å²) in [5.74, 6) is 1.56. The van der Waals surface area contributed by atoms with Gasteiger partial charge in [-0.05, 0) is 71.4 Å². The molecule has 2 fully saturated rings. The molecule has 1 aliphatic carbocycles. The lowest BCUT2D eigenvalue weighted by Gasteiger charge is -2.26. The van der Waals surface area contributed by atoms with Crippen molar-refractivity contribution in [3.63, 3.8) is 0 Å². The molecule has 1 N–H and O–H groups in total. The van der Waals surface area contributed by atoms with Gasteiger partial charge < -0.3 is 15.0 Å². The van der Waals surface area contributed by atoms with Crippen molar-refractivity contribution >= 4 is 6.09 Å². The zero-order valence-corrected chi connectivity index (χ0v) is 13.3. The Morgan fingerprint density at radius 2 is 2.00 bits per heavy atom. The van der Waals surface area contributed by atoms with E-state index in [-0.39, 0.29) is 11.7 Å². The molecule has 116 valence electrons. The number of hydrogen-bond acceptors (Lipinski definition) is 3. The number of nitrogens with zero attached hydrogens (tertiary/aromatic N) is 1. The fourth-order valence-corrected chi connectivity index (χ4v) is 2.87. The minimum atomic E-state index is -0.389. The maximum atomic E-state index is 12.0. The van der Waals surface area contributed by atoms with E-state index in [0.717, 1.165) is 32.0 Å². The summed E-state index contributed by atoms with van der Waals surface area (Å²) >= 11 is 0. The van der Waals surface area contributed by atoms with Crippen LogP contribution in [-0.4, -0.2) is 42.8 Å². The lowest BCUT2D eigenvalue weighted by atomic mass is 9.85. The van der Waals surface area contributed by atoms with Gasteiger partial charge in [0.25, 0.3) is 0 Å². The molecule has 2 rings (SSSR count). The van der Waals surface area contributed by atoms with Crippen molar-refractivity contribution in [2.45, 2.75) is 58.5 Å². The predicted molar refractivity (Wildman–Crippen MR) is 80.7 cm³/mol. The number of hydrogen-bond donors (Lipinski definition) is 1. The molecule has 0 bridgehead atoms. The summed E-state index contributed by atoms with van der Waals surface area (Å²) in [4.78, 5) is 13.8. The Kier molecular flexibility index (Phi) is 5.30. The van der Waals surface area contributed by atoms with Crippen molar-refractivity contribution in [3.8, 4) is 0 Å². The smallest absolute Gasteiger partial charge is 0.410 e. The average Bonchev–Trinajstić information content (AvgIpc) is 2.72. The first kappa shape index (κ1) is 15.6. The van der Waals surface area contributed by atoms with Crippen LogP contribution >= 0.6 is 0 Å². The Bertz CT molecular complexity index is 321. The quantitative estimate of drug-likeness (QED) is 0.788. The molecule has 0 aromatic heterocycles. The monoisotopic (exact) mass is 282 g/mol. The Balaban J connectivity index is 1.58. The second-order valence-corrected chi connectivity index (χ2v) is 7.37. The van der Waals surface area contributed by atoms with E-state index in [1.165, 1.54) is 32.2 Å². The third-order valence-corrected chi connectivity index (χ3v) is 4.32. The molecular weight excluding hydrogens is 252 g/mol. The summed E-state index contributed by atoms with van der Waals surface area (Å²) in [5, 5.41) is 3.56. The highest BCUT2D eigenvalue weighted by atomic mass is 16.6. The molecule has 1 saturated heterocycles. The van der Waals surface area contributed by atoms with Gasteiger partial charge in [0.05, 0.1) is 0 Å². The third-order valence-electron chi connectivity index (χ3n) is 4.32. The number of nitrogens with one attached hydrogen (secondary N) is 1. The van der Waals surface area contributed by atoms with Gasteiger partial charge in [-0.3, -0.25) is 0 Å². The summed E-state index contributed by atoms with van der Waals surface area (Å²) in [6.07, 6.45) is 6.37. The van der Waals surface area contributed by atoms with Crippen molar-refractivity contribution in [2.75, 3.05) is 26.2 Å². The maximum Gasteiger partial charge on any atom is 0.410 e. The van der Waals surface area contributed by atoms with Crippen LogP contribution in [0, 0.1) is 11.8 Å². The fourth-order valence-electron chi connectivity index (χ4n) is 2.87. The largest absolute Gasteiger partial charge is 0.444 e. The van der Waals surface area contributed by atoms with E-state index in [1.807, 2.05) is 25.7 Å². The minimum absolute atomic E-state index is 0.151. The van der Waals surface area contributed by atoms with Gasteiger partial charge >= 0.3 is 6.09 Å². The summed E-state index contributed by atoms with van der Waals surface area (Å²) in [6, 6.07) is 0. The molecule has 1 unspecified atom stereocenters. The van der Waals surface area contributed by atoms with E-state index >= 15 is 0 Å². The molecule has 4 nitrogen and oxygen atoms in total. The van der Waals surface area contributed by atoms with Crippen LogP contribution in [0.5, 0.6) is 0 Å². The summed E-state index contributed by atoms with van der Waals surface area (Å²) in [5.41, 5.74) is -0.389. The number of ether oxygens (including phenoxy) is 1. The second-order valence-electron chi connectivity index (χ2n) is 7.37. The van der Waals surface area contributed by atoms with Crippen molar-refractivity contribution in [1.29, 1.82) is 0 Å². The van der Waals surface area contributed by atoms with Gasteiger partial charge in [-0.15, -0.1) is 0 Å². The lowest BCUT2D eigenvalue weighted by Crippen LogP contribution is -2.35. The van der Waals surface area contributed by atoms with Gasteiger partial charge in [-0.25, -0.2) is 4.79 Å². The predicted octanol–water partition coefficient (Wildman–Crippen LogP) is 3.02. The SMILES string of the molecule is CC(C)(C)OC(=O)N1CCC(CCNCC2CCC2)C1.